The first-order valence-corrected chi connectivity index (χ1v) is 10.1. The smallest absolute Gasteiger partial charge is 0.229 e. The molecule has 0 aliphatic rings. The Kier molecular flexibility index (Phi) is 5.80. The van der Waals surface area contributed by atoms with Crippen LogP contribution in [-0.4, -0.2) is 30.0 Å². The van der Waals surface area contributed by atoms with E-state index < -0.39 is 0 Å². The van der Waals surface area contributed by atoms with Crippen LogP contribution in [0, 0.1) is 6.92 Å². The Balaban J connectivity index is 1.42. The predicted molar refractivity (Wildman–Crippen MR) is 127 cm³/mol. The summed E-state index contributed by atoms with van der Waals surface area (Å²) in [6, 6.07) is 23.6. The van der Waals surface area contributed by atoms with Crippen LogP contribution in [0.5, 0.6) is 0 Å². The summed E-state index contributed by atoms with van der Waals surface area (Å²) in [5.74, 6) is 1.33. The summed E-state index contributed by atoms with van der Waals surface area (Å²) in [7, 11) is 3.89. The molecule has 0 aliphatic heterocycles. The first-order chi connectivity index (χ1) is 15.0. The zero-order valence-electron chi connectivity index (χ0n) is 17.9. The minimum Gasteiger partial charge on any atom is -0.363 e. The average Bonchev–Trinajstić information content (AvgIpc) is 2.75. The number of hydrogen-bond donors (Lipinski definition) is 2. The van der Waals surface area contributed by atoms with Crippen LogP contribution in [0.4, 0.5) is 23.1 Å². The lowest BCUT2D eigenvalue weighted by molar-refractivity contribution is -0.115. The van der Waals surface area contributed by atoms with Crippen molar-refractivity contribution in [2.45, 2.75) is 13.3 Å². The maximum Gasteiger partial charge on any atom is 0.229 e. The molecule has 0 atom stereocenters. The van der Waals surface area contributed by atoms with Gasteiger partial charge in [-0.25, -0.2) is 4.98 Å². The number of carbonyl (C=O) groups excluding carboxylic acids is 1. The second kappa shape index (κ2) is 8.83. The van der Waals surface area contributed by atoms with Crippen molar-refractivity contribution in [3.05, 3.63) is 84.1 Å². The van der Waals surface area contributed by atoms with E-state index in [0.29, 0.717) is 12.4 Å². The maximum absolute atomic E-state index is 12.6. The molecule has 4 aromatic rings. The van der Waals surface area contributed by atoms with Crippen molar-refractivity contribution in [2.75, 3.05) is 29.6 Å². The monoisotopic (exact) mass is 411 g/mol. The highest BCUT2D eigenvalue weighted by atomic mass is 16.1. The fourth-order valence-corrected chi connectivity index (χ4v) is 3.43. The predicted octanol–water partition coefficient (Wildman–Crippen LogP) is 4.93. The highest BCUT2D eigenvalue weighted by Crippen LogP contribution is 2.21. The molecule has 31 heavy (non-hydrogen) atoms. The molecule has 1 amide bonds. The summed E-state index contributed by atoms with van der Waals surface area (Å²) in [6.07, 6.45) is 0.325. The molecule has 1 aromatic heterocycles. The van der Waals surface area contributed by atoms with Crippen LogP contribution in [-0.2, 0) is 11.2 Å². The molecule has 0 radical (unpaired) electrons. The summed E-state index contributed by atoms with van der Waals surface area (Å²) in [5.41, 5.74) is 3.50. The van der Waals surface area contributed by atoms with Crippen molar-refractivity contribution in [3.63, 3.8) is 0 Å². The Morgan fingerprint density at radius 2 is 1.61 bits per heavy atom. The number of rotatable bonds is 6. The number of fused-ring (bicyclic) bond motifs is 1. The first kappa shape index (κ1) is 20.3. The van der Waals surface area contributed by atoms with Gasteiger partial charge in [0.05, 0.1) is 6.42 Å². The molecule has 6 heteroatoms. The molecular weight excluding hydrogens is 386 g/mol. The number of anilines is 4. The van der Waals surface area contributed by atoms with Crippen LogP contribution in [0.3, 0.4) is 0 Å². The summed E-state index contributed by atoms with van der Waals surface area (Å²) in [4.78, 5) is 23.5. The first-order valence-electron chi connectivity index (χ1n) is 10.1. The third-order valence-corrected chi connectivity index (χ3v) is 4.95. The molecule has 0 unspecified atom stereocenters. The number of hydrogen-bond acceptors (Lipinski definition) is 5. The molecule has 0 saturated carbocycles. The lowest BCUT2D eigenvalue weighted by atomic mass is 10.0. The Hall–Kier alpha value is -3.93. The number of aromatic nitrogens is 2. The molecule has 0 aliphatic carbocycles. The van der Waals surface area contributed by atoms with E-state index in [4.69, 9.17) is 0 Å². The number of benzene rings is 3. The molecular formula is C25H25N5O. The third kappa shape index (κ3) is 4.98. The summed E-state index contributed by atoms with van der Waals surface area (Å²) in [5, 5.41) is 8.44. The van der Waals surface area contributed by atoms with Crippen LogP contribution in [0.1, 0.15) is 11.3 Å². The fourth-order valence-electron chi connectivity index (χ4n) is 3.43. The number of nitrogens with zero attached hydrogens (tertiary/aromatic N) is 3. The molecule has 1 heterocycles. The average molecular weight is 412 g/mol. The molecule has 4 rings (SSSR count). The van der Waals surface area contributed by atoms with Gasteiger partial charge in [-0.3, -0.25) is 4.79 Å². The second-order valence-electron chi connectivity index (χ2n) is 7.65. The minimum absolute atomic E-state index is 0.0466. The lowest BCUT2D eigenvalue weighted by Gasteiger charge is -2.14. The third-order valence-electron chi connectivity index (χ3n) is 4.95. The van der Waals surface area contributed by atoms with E-state index >= 15 is 0 Å². The lowest BCUT2D eigenvalue weighted by Crippen LogP contribution is -2.14. The van der Waals surface area contributed by atoms with Gasteiger partial charge < -0.3 is 15.5 Å². The van der Waals surface area contributed by atoms with Crippen LogP contribution in [0.25, 0.3) is 10.8 Å². The molecule has 3 aromatic carbocycles. The van der Waals surface area contributed by atoms with Gasteiger partial charge in [-0.05, 0) is 47.5 Å². The van der Waals surface area contributed by atoms with Gasteiger partial charge in [0, 0.05) is 37.2 Å². The standard InChI is InChI=1S/C25H25N5O/c1-17-15-23(30(2)3)29-25(26-17)28-21-13-11-20(12-14-21)27-24(31)16-19-9-6-8-18-7-4-5-10-22(18)19/h4-15H,16H2,1-3H3,(H,27,31)(H,26,28,29). The van der Waals surface area contributed by atoms with Crippen molar-refractivity contribution in [3.8, 4) is 0 Å². The number of nitrogens with one attached hydrogen (secondary N) is 2. The van der Waals surface area contributed by atoms with Crippen LogP contribution in [0.2, 0.25) is 0 Å². The number of amides is 1. The fraction of sp³-hybridized carbons (Fsp3) is 0.160. The van der Waals surface area contributed by atoms with Crippen LogP contribution in [0.15, 0.2) is 72.8 Å². The molecule has 6 nitrogen and oxygen atoms in total. The van der Waals surface area contributed by atoms with E-state index in [-0.39, 0.29) is 5.91 Å². The van der Waals surface area contributed by atoms with Gasteiger partial charge in [0.25, 0.3) is 0 Å². The SMILES string of the molecule is Cc1cc(N(C)C)nc(Nc2ccc(NC(=O)Cc3cccc4ccccc34)cc2)n1. The topological polar surface area (TPSA) is 70.2 Å². The summed E-state index contributed by atoms with van der Waals surface area (Å²) < 4.78 is 0. The molecule has 0 saturated heterocycles. The van der Waals surface area contributed by atoms with Crippen molar-refractivity contribution in [1.29, 1.82) is 0 Å². The maximum atomic E-state index is 12.6. The molecule has 2 N–H and O–H groups in total. The number of carbonyl (C=O) groups is 1. The van der Waals surface area contributed by atoms with Gasteiger partial charge >= 0.3 is 0 Å². The van der Waals surface area contributed by atoms with Crippen molar-refractivity contribution in [2.24, 2.45) is 0 Å². The Bertz CT molecular complexity index is 1210. The van der Waals surface area contributed by atoms with Gasteiger partial charge in [-0.1, -0.05) is 42.5 Å². The highest BCUT2D eigenvalue weighted by Gasteiger charge is 2.08. The van der Waals surface area contributed by atoms with E-state index in [1.165, 1.54) is 0 Å². The molecule has 0 fully saturated rings. The van der Waals surface area contributed by atoms with Crippen molar-refractivity contribution < 1.29 is 4.79 Å². The Morgan fingerprint density at radius 1 is 0.903 bits per heavy atom. The van der Waals surface area contributed by atoms with Gasteiger partial charge in [-0.2, -0.15) is 4.98 Å². The van der Waals surface area contributed by atoms with Crippen molar-refractivity contribution in [1.82, 2.24) is 9.97 Å². The van der Waals surface area contributed by atoms with E-state index in [1.807, 2.05) is 86.6 Å². The normalized spacial score (nSPS) is 10.7. The van der Waals surface area contributed by atoms with E-state index in [9.17, 15) is 4.79 Å². The van der Waals surface area contributed by atoms with E-state index in [2.05, 4.69) is 32.7 Å². The molecule has 0 spiro atoms. The van der Waals surface area contributed by atoms with E-state index in [0.717, 1.165) is 39.2 Å². The minimum atomic E-state index is -0.0466. The summed E-state index contributed by atoms with van der Waals surface area (Å²) >= 11 is 0. The second-order valence-corrected chi connectivity index (χ2v) is 7.65. The van der Waals surface area contributed by atoms with Gasteiger partial charge in [-0.15, -0.1) is 0 Å². The van der Waals surface area contributed by atoms with Crippen LogP contribution < -0.4 is 15.5 Å². The van der Waals surface area contributed by atoms with Crippen molar-refractivity contribution >= 4 is 39.8 Å². The molecule has 0 bridgehead atoms. The Morgan fingerprint density at radius 3 is 2.39 bits per heavy atom. The Labute approximate surface area is 182 Å². The van der Waals surface area contributed by atoms with E-state index in [1.54, 1.807) is 0 Å². The zero-order valence-corrected chi connectivity index (χ0v) is 17.9. The highest BCUT2D eigenvalue weighted by molar-refractivity contribution is 5.96. The van der Waals surface area contributed by atoms with Gasteiger partial charge in [0.2, 0.25) is 11.9 Å². The largest absolute Gasteiger partial charge is 0.363 e. The quantitative estimate of drug-likeness (QED) is 0.471. The zero-order chi connectivity index (χ0) is 21.8. The summed E-state index contributed by atoms with van der Waals surface area (Å²) in [6.45, 7) is 1.94. The van der Waals surface area contributed by atoms with Crippen LogP contribution >= 0.6 is 0 Å². The van der Waals surface area contributed by atoms with Gasteiger partial charge in [0.1, 0.15) is 5.82 Å². The van der Waals surface area contributed by atoms with Gasteiger partial charge in [0.15, 0.2) is 0 Å². The number of aryl methyl sites for hydroxylation is 1. The molecule has 156 valence electrons.